The number of anilines is 1. The molecule has 2 aromatic rings. The summed E-state index contributed by atoms with van der Waals surface area (Å²) in [6.07, 6.45) is 0.706. The van der Waals surface area contributed by atoms with Gasteiger partial charge in [0.15, 0.2) is 0 Å². The first-order valence-electron chi connectivity index (χ1n) is 6.88. The minimum atomic E-state index is -0.121. The van der Waals surface area contributed by atoms with E-state index in [9.17, 15) is 4.79 Å². The van der Waals surface area contributed by atoms with E-state index < -0.39 is 0 Å². The van der Waals surface area contributed by atoms with Crippen LogP contribution in [0.2, 0.25) is 0 Å². The molecule has 0 heterocycles. The molecule has 1 amide bonds. The van der Waals surface area contributed by atoms with Crippen LogP contribution in [0.4, 0.5) is 5.69 Å². The molecule has 4 nitrogen and oxygen atoms in total. The van der Waals surface area contributed by atoms with Crippen LogP contribution in [0.3, 0.4) is 0 Å². The molecule has 0 aliphatic carbocycles. The molecule has 0 radical (unpaired) electrons. The molecule has 0 fully saturated rings. The third-order valence-electron chi connectivity index (χ3n) is 3.24. The molecule has 2 aromatic carbocycles. The zero-order chi connectivity index (χ0) is 15.2. The van der Waals surface area contributed by atoms with Crippen molar-refractivity contribution < 1.29 is 9.53 Å². The van der Waals surface area contributed by atoms with Gasteiger partial charge in [0.1, 0.15) is 5.75 Å². The van der Waals surface area contributed by atoms with Gasteiger partial charge in [-0.1, -0.05) is 24.3 Å². The number of nitrogen functional groups attached to an aromatic ring is 1. The average Bonchev–Trinajstić information content (AvgIpc) is 2.47. The lowest BCUT2D eigenvalue weighted by atomic mass is 10.1. The summed E-state index contributed by atoms with van der Waals surface area (Å²) in [6, 6.07) is 14.8. The van der Waals surface area contributed by atoms with Crippen LogP contribution in [-0.4, -0.2) is 19.1 Å². The summed E-state index contributed by atoms with van der Waals surface area (Å²) >= 11 is 0. The van der Waals surface area contributed by atoms with Crippen molar-refractivity contribution in [1.82, 2.24) is 5.32 Å². The Morgan fingerprint density at radius 2 is 2.00 bits per heavy atom. The number of rotatable bonds is 5. The van der Waals surface area contributed by atoms with Gasteiger partial charge in [-0.15, -0.1) is 0 Å². The van der Waals surface area contributed by atoms with Crippen molar-refractivity contribution in [3.05, 3.63) is 59.7 Å². The first-order valence-corrected chi connectivity index (χ1v) is 6.88. The maximum Gasteiger partial charge on any atom is 0.251 e. The Hall–Kier alpha value is -2.49. The number of carbonyl (C=O) groups is 1. The maximum absolute atomic E-state index is 12.2. The Morgan fingerprint density at radius 3 is 2.71 bits per heavy atom. The molecule has 110 valence electrons. The summed E-state index contributed by atoms with van der Waals surface area (Å²) in [5.74, 6) is 0.715. The Bertz CT molecular complexity index is 626. The molecule has 0 saturated heterocycles. The first-order chi connectivity index (χ1) is 10.1. The molecule has 0 aromatic heterocycles. The standard InChI is InChI=1S/C17H20N2O2/c1-12(10-13-6-3-4-9-16(13)21-2)19-17(20)14-7-5-8-15(18)11-14/h3-9,11-12H,10,18H2,1-2H3,(H,19,20). The smallest absolute Gasteiger partial charge is 0.251 e. The monoisotopic (exact) mass is 284 g/mol. The van der Waals surface area contributed by atoms with Crippen LogP contribution in [0.1, 0.15) is 22.8 Å². The lowest BCUT2D eigenvalue weighted by Crippen LogP contribution is -2.34. The number of nitrogens with two attached hydrogens (primary N) is 1. The molecule has 2 rings (SSSR count). The number of ether oxygens (including phenoxy) is 1. The highest BCUT2D eigenvalue weighted by Crippen LogP contribution is 2.19. The molecule has 0 bridgehead atoms. The molecule has 21 heavy (non-hydrogen) atoms. The molecule has 0 spiro atoms. The quantitative estimate of drug-likeness (QED) is 0.830. The Balaban J connectivity index is 2.01. The largest absolute Gasteiger partial charge is 0.496 e. The summed E-state index contributed by atoms with van der Waals surface area (Å²) in [5.41, 5.74) is 7.92. The van der Waals surface area contributed by atoms with Gasteiger partial charge in [-0.2, -0.15) is 0 Å². The fourth-order valence-electron chi connectivity index (χ4n) is 2.24. The second-order valence-electron chi connectivity index (χ2n) is 5.02. The zero-order valence-electron chi connectivity index (χ0n) is 12.3. The Labute approximate surface area is 124 Å². The van der Waals surface area contributed by atoms with E-state index in [0.29, 0.717) is 17.7 Å². The predicted molar refractivity (Wildman–Crippen MR) is 84.5 cm³/mol. The topological polar surface area (TPSA) is 64.3 Å². The number of amides is 1. The van der Waals surface area contributed by atoms with E-state index >= 15 is 0 Å². The van der Waals surface area contributed by atoms with Gasteiger partial charge in [0.25, 0.3) is 5.91 Å². The Kier molecular flexibility index (Phi) is 4.82. The second-order valence-corrected chi connectivity index (χ2v) is 5.02. The normalized spacial score (nSPS) is 11.7. The summed E-state index contributed by atoms with van der Waals surface area (Å²) in [4.78, 5) is 12.2. The van der Waals surface area contributed by atoms with Crippen LogP contribution in [-0.2, 0) is 6.42 Å². The van der Waals surface area contributed by atoms with Gasteiger partial charge in [0, 0.05) is 17.3 Å². The van der Waals surface area contributed by atoms with Crippen molar-refractivity contribution in [2.75, 3.05) is 12.8 Å². The van der Waals surface area contributed by atoms with E-state index in [2.05, 4.69) is 5.32 Å². The number of hydrogen-bond acceptors (Lipinski definition) is 3. The van der Waals surface area contributed by atoms with Crippen molar-refractivity contribution in [1.29, 1.82) is 0 Å². The highest BCUT2D eigenvalue weighted by molar-refractivity contribution is 5.95. The molecule has 0 saturated carbocycles. The van der Waals surface area contributed by atoms with Gasteiger partial charge >= 0.3 is 0 Å². The van der Waals surface area contributed by atoms with Crippen molar-refractivity contribution in [3.63, 3.8) is 0 Å². The van der Waals surface area contributed by atoms with Crippen molar-refractivity contribution in [3.8, 4) is 5.75 Å². The van der Waals surface area contributed by atoms with Crippen LogP contribution < -0.4 is 15.8 Å². The van der Waals surface area contributed by atoms with Crippen molar-refractivity contribution in [2.45, 2.75) is 19.4 Å². The minimum absolute atomic E-state index is 0.00442. The fourth-order valence-corrected chi connectivity index (χ4v) is 2.24. The van der Waals surface area contributed by atoms with Gasteiger partial charge in [-0.05, 0) is 43.2 Å². The van der Waals surface area contributed by atoms with E-state index in [4.69, 9.17) is 10.5 Å². The predicted octanol–water partition coefficient (Wildman–Crippen LogP) is 2.64. The van der Waals surface area contributed by atoms with Gasteiger partial charge in [-0.25, -0.2) is 0 Å². The van der Waals surface area contributed by atoms with Crippen molar-refractivity contribution in [2.24, 2.45) is 0 Å². The van der Waals surface area contributed by atoms with Crippen molar-refractivity contribution >= 4 is 11.6 Å². The maximum atomic E-state index is 12.2. The molecule has 1 atom stereocenters. The molecule has 4 heteroatoms. The molecular weight excluding hydrogens is 264 g/mol. The van der Waals surface area contributed by atoms with Gasteiger partial charge in [0.05, 0.1) is 7.11 Å². The van der Waals surface area contributed by atoms with Crippen LogP contribution in [0.15, 0.2) is 48.5 Å². The number of benzene rings is 2. The number of para-hydroxylation sites is 1. The van der Waals surface area contributed by atoms with E-state index in [0.717, 1.165) is 11.3 Å². The van der Waals surface area contributed by atoms with Crippen LogP contribution >= 0.6 is 0 Å². The van der Waals surface area contributed by atoms with E-state index in [1.807, 2.05) is 31.2 Å². The van der Waals surface area contributed by atoms with E-state index in [1.165, 1.54) is 0 Å². The van der Waals surface area contributed by atoms with Crippen LogP contribution in [0.25, 0.3) is 0 Å². The van der Waals surface area contributed by atoms with Crippen LogP contribution in [0.5, 0.6) is 5.75 Å². The number of nitrogens with one attached hydrogen (secondary N) is 1. The summed E-state index contributed by atoms with van der Waals surface area (Å²) < 4.78 is 5.32. The Morgan fingerprint density at radius 1 is 1.24 bits per heavy atom. The van der Waals surface area contributed by atoms with Crippen LogP contribution in [0, 0.1) is 0 Å². The third kappa shape index (κ3) is 3.99. The van der Waals surface area contributed by atoms with E-state index in [-0.39, 0.29) is 11.9 Å². The molecule has 0 aliphatic heterocycles. The number of methoxy groups -OCH3 is 1. The first kappa shape index (κ1) is 14.9. The minimum Gasteiger partial charge on any atom is -0.496 e. The lowest BCUT2D eigenvalue weighted by molar-refractivity contribution is 0.0940. The lowest BCUT2D eigenvalue weighted by Gasteiger charge is -2.16. The van der Waals surface area contributed by atoms with Gasteiger partial charge in [-0.3, -0.25) is 4.79 Å². The second kappa shape index (κ2) is 6.79. The van der Waals surface area contributed by atoms with Gasteiger partial charge in [0.2, 0.25) is 0 Å². The average molecular weight is 284 g/mol. The highest BCUT2D eigenvalue weighted by Gasteiger charge is 2.12. The summed E-state index contributed by atoms with van der Waals surface area (Å²) in [7, 11) is 1.65. The number of carbonyl (C=O) groups excluding carboxylic acids is 1. The zero-order valence-corrected chi connectivity index (χ0v) is 12.3. The summed E-state index contributed by atoms with van der Waals surface area (Å²) in [6.45, 7) is 1.97. The third-order valence-corrected chi connectivity index (χ3v) is 3.24. The SMILES string of the molecule is COc1ccccc1CC(C)NC(=O)c1cccc(N)c1. The van der Waals surface area contributed by atoms with E-state index in [1.54, 1.807) is 31.4 Å². The van der Waals surface area contributed by atoms with Gasteiger partial charge < -0.3 is 15.8 Å². The molecular formula is C17H20N2O2. The molecule has 3 N–H and O–H groups in total. The summed E-state index contributed by atoms with van der Waals surface area (Å²) in [5, 5.41) is 2.97. The fraction of sp³-hybridized carbons (Fsp3) is 0.235. The highest BCUT2D eigenvalue weighted by atomic mass is 16.5. The molecule has 1 unspecified atom stereocenters. The number of hydrogen-bond donors (Lipinski definition) is 2. The molecule has 0 aliphatic rings.